The van der Waals surface area contributed by atoms with Gasteiger partial charge < -0.3 is 20.9 Å². The third-order valence-corrected chi connectivity index (χ3v) is 3.13. The molecule has 0 amide bonds. The van der Waals surface area contributed by atoms with Crippen LogP contribution in [0, 0.1) is 5.41 Å². The van der Waals surface area contributed by atoms with Crippen molar-refractivity contribution in [3.05, 3.63) is 0 Å². The smallest absolute Gasteiger partial charge is 0.323 e. The molecule has 2 rings (SSSR count). The number of anilines is 2. The van der Waals surface area contributed by atoms with E-state index < -0.39 is 0 Å². The van der Waals surface area contributed by atoms with Gasteiger partial charge in [-0.3, -0.25) is 0 Å². The predicted molar refractivity (Wildman–Crippen MR) is 67.3 cm³/mol. The molecule has 4 N–H and O–H groups in total. The Morgan fingerprint density at radius 2 is 2.17 bits per heavy atom. The van der Waals surface area contributed by atoms with Crippen LogP contribution in [-0.4, -0.2) is 39.8 Å². The lowest BCUT2D eigenvalue weighted by Crippen LogP contribution is -2.19. The average molecular weight is 253 g/mol. The summed E-state index contributed by atoms with van der Waals surface area (Å²) in [7, 11) is 0. The van der Waals surface area contributed by atoms with Crippen molar-refractivity contribution in [2.24, 2.45) is 5.41 Å². The van der Waals surface area contributed by atoms with Crippen molar-refractivity contribution in [2.45, 2.75) is 26.2 Å². The van der Waals surface area contributed by atoms with Gasteiger partial charge >= 0.3 is 6.01 Å². The van der Waals surface area contributed by atoms with Crippen molar-refractivity contribution in [1.29, 1.82) is 0 Å². The number of hydrogen-bond acceptors (Lipinski definition) is 7. The third-order valence-electron chi connectivity index (χ3n) is 3.13. The Labute approximate surface area is 106 Å². The minimum atomic E-state index is 0.142. The molecule has 0 unspecified atom stereocenters. The molecule has 0 aliphatic heterocycles. The standard InChI is InChI=1S/C11H19N5O2/c1-2-18-10-15-8(12)14-9(16-10)13-7-11(3-4-11)5-6-17/h17H,2-7H2,1H3,(H3,12,13,14,15,16). The van der Waals surface area contributed by atoms with Crippen LogP contribution >= 0.6 is 0 Å². The van der Waals surface area contributed by atoms with Gasteiger partial charge in [0.2, 0.25) is 11.9 Å². The molecule has 1 aromatic rings. The maximum Gasteiger partial charge on any atom is 0.323 e. The van der Waals surface area contributed by atoms with Crippen LogP contribution < -0.4 is 15.8 Å². The summed E-state index contributed by atoms with van der Waals surface area (Å²) in [5.74, 6) is 0.568. The minimum absolute atomic E-state index is 0.142. The Balaban J connectivity index is 1.96. The Morgan fingerprint density at radius 1 is 1.39 bits per heavy atom. The van der Waals surface area contributed by atoms with E-state index in [1.165, 1.54) is 0 Å². The molecule has 100 valence electrons. The fraction of sp³-hybridized carbons (Fsp3) is 0.727. The van der Waals surface area contributed by atoms with Gasteiger partial charge in [0.1, 0.15) is 0 Å². The number of ether oxygens (including phenoxy) is 1. The topological polar surface area (TPSA) is 106 Å². The Bertz CT molecular complexity index is 408. The lowest BCUT2D eigenvalue weighted by Gasteiger charge is -2.14. The van der Waals surface area contributed by atoms with Crippen LogP contribution in [0.3, 0.4) is 0 Å². The van der Waals surface area contributed by atoms with Crippen molar-refractivity contribution in [3.8, 4) is 6.01 Å². The van der Waals surface area contributed by atoms with Crippen molar-refractivity contribution in [1.82, 2.24) is 15.0 Å². The highest BCUT2D eigenvalue weighted by Gasteiger charge is 2.41. The van der Waals surface area contributed by atoms with Crippen LogP contribution in [0.4, 0.5) is 11.9 Å². The number of nitrogens with two attached hydrogens (primary N) is 1. The number of aliphatic hydroxyl groups is 1. The SMILES string of the molecule is CCOc1nc(N)nc(NCC2(CCO)CC2)n1. The Morgan fingerprint density at radius 3 is 2.78 bits per heavy atom. The number of rotatable bonds is 7. The van der Waals surface area contributed by atoms with E-state index in [0.29, 0.717) is 12.6 Å². The molecule has 7 heteroatoms. The zero-order chi connectivity index (χ0) is 13.0. The molecule has 0 saturated heterocycles. The van der Waals surface area contributed by atoms with Gasteiger partial charge in [0, 0.05) is 13.2 Å². The fourth-order valence-corrected chi connectivity index (χ4v) is 1.84. The first-order valence-corrected chi connectivity index (χ1v) is 6.16. The lowest BCUT2D eigenvalue weighted by molar-refractivity contribution is 0.253. The zero-order valence-electron chi connectivity index (χ0n) is 10.5. The van der Waals surface area contributed by atoms with E-state index in [4.69, 9.17) is 15.6 Å². The van der Waals surface area contributed by atoms with Gasteiger partial charge in [-0.25, -0.2) is 0 Å². The molecular weight excluding hydrogens is 234 g/mol. The van der Waals surface area contributed by atoms with E-state index in [1.807, 2.05) is 6.92 Å². The molecule has 0 aromatic carbocycles. The lowest BCUT2D eigenvalue weighted by atomic mass is 10.0. The summed E-state index contributed by atoms with van der Waals surface area (Å²) in [6.45, 7) is 3.29. The largest absolute Gasteiger partial charge is 0.464 e. The maximum absolute atomic E-state index is 8.99. The molecule has 1 aliphatic carbocycles. The van der Waals surface area contributed by atoms with Crippen LogP contribution in [0.5, 0.6) is 6.01 Å². The minimum Gasteiger partial charge on any atom is -0.464 e. The fourth-order valence-electron chi connectivity index (χ4n) is 1.84. The highest BCUT2D eigenvalue weighted by atomic mass is 16.5. The molecule has 1 fully saturated rings. The number of nitrogens with zero attached hydrogens (tertiary/aromatic N) is 3. The maximum atomic E-state index is 8.99. The van der Waals surface area contributed by atoms with Crippen LogP contribution in [-0.2, 0) is 0 Å². The highest BCUT2D eigenvalue weighted by molar-refractivity contribution is 5.33. The average Bonchev–Trinajstić information content (AvgIpc) is 3.07. The first-order valence-electron chi connectivity index (χ1n) is 6.16. The summed E-state index contributed by atoms with van der Waals surface area (Å²) in [5, 5.41) is 12.1. The van der Waals surface area contributed by atoms with E-state index in [1.54, 1.807) is 0 Å². The van der Waals surface area contributed by atoms with E-state index in [0.717, 1.165) is 25.8 Å². The number of nitrogen functional groups attached to an aromatic ring is 1. The van der Waals surface area contributed by atoms with Crippen LogP contribution in [0.2, 0.25) is 0 Å². The Kier molecular flexibility index (Phi) is 3.81. The molecule has 0 spiro atoms. The van der Waals surface area contributed by atoms with Gasteiger partial charge in [-0.15, -0.1) is 0 Å². The van der Waals surface area contributed by atoms with Gasteiger partial charge in [-0.1, -0.05) is 0 Å². The Hall–Kier alpha value is -1.63. The molecular formula is C11H19N5O2. The second kappa shape index (κ2) is 5.34. The van der Waals surface area contributed by atoms with Gasteiger partial charge in [-0.2, -0.15) is 15.0 Å². The second-order valence-corrected chi connectivity index (χ2v) is 4.56. The van der Waals surface area contributed by atoms with Crippen molar-refractivity contribution in [3.63, 3.8) is 0 Å². The predicted octanol–water partition coefficient (Wildman–Crippen LogP) is 0.427. The first-order chi connectivity index (χ1) is 8.67. The third kappa shape index (κ3) is 3.19. The van der Waals surface area contributed by atoms with Crippen molar-refractivity contribution >= 4 is 11.9 Å². The van der Waals surface area contributed by atoms with Gasteiger partial charge in [0.15, 0.2) is 0 Å². The summed E-state index contributed by atoms with van der Waals surface area (Å²) in [5.41, 5.74) is 5.78. The van der Waals surface area contributed by atoms with Gasteiger partial charge in [-0.05, 0) is 31.6 Å². The summed E-state index contributed by atoms with van der Waals surface area (Å²) >= 11 is 0. The molecule has 18 heavy (non-hydrogen) atoms. The molecule has 1 saturated carbocycles. The number of hydrogen-bond donors (Lipinski definition) is 3. The van der Waals surface area contributed by atoms with Crippen LogP contribution in [0.1, 0.15) is 26.2 Å². The normalized spacial score (nSPS) is 16.3. The summed E-state index contributed by atoms with van der Waals surface area (Å²) in [4.78, 5) is 12.0. The van der Waals surface area contributed by atoms with E-state index >= 15 is 0 Å². The van der Waals surface area contributed by atoms with Crippen LogP contribution in [0.15, 0.2) is 0 Å². The first kappa shape index (κ1) is 12.8. The number of aliphatic hydroxyl groups excluding tert-OH is 1. The molecule has 7 nitrogen and oxygen atoms in total. The molecule has 0 atom stereocenters. The zero-order valence-corrected chi connectivity index (χ0v) is 10.5. The summed E-state index contributed by atoms with van der Waals surface area (Å²) < 4.78 is 5.20. The van der Waals surface area contributed by atoms with Crippen LogP contribution in [0.25, 0.3) is 0 Å². The molecule has 1 heterocycles. The van der Waals surface area contributed by atoms with E-state index in [2.05, 4.69) is 20.3 Å². The quantitative estimate of drug-likeness (QED) is 0.646. The molecule has 1 aliphatic rings. The number of nitrogens with one attached hydrogen (secondary N) is 1. The van der Waals surface area contributed by atoms with Crippen molar-refractivity contribution in [2.75, 3.05) is 30.8 Å². The van der Waals surface area contributed by atoms with E-state index in [-0.39, 0.29) is 24.0 Å². The number of aromatic nitrogens is 3. The van der Waals surface area contributed by atoms with Crippen molar-refractivity contribution < 1.29 is 9.84 Å². The van der Waals surface area contributed by atoms with E-state index in [9.17, 15) is 0 Å². The summed E-state index contributed by atoms with van der Waals surface area (Å²) in [6.07, 6.45) is 3.05. The molecule has 0 radical (unpaired) electrons. The monoisotopic (exact) mass is 253 g/mol. The van der Waals surface area contributed by atoms with Gasteiger partial charge in [0.05, 0.1) is 6.61 Å². The molecule has 1 aromatic heterocycles. The second-order valence-electron chi connectivity index (χ2n) is 4.56. The highest BCUT2D eigenvalue weighted by Crippen LogP contribution is 2.48. The molecule has 0 bridgehead atoms. The summed E-state index contributed by atoms with van der Waals surface area (Å²) in [6, 6.07) is 0.236. The van der Waals surface area contributed by atoms with Gasteiger partial charge in [0.25, 0.3) is 0 Å².